The fourth-order valence-electron chi connectivity index (χ4n) is 2.80. The maximum atomic E-state index is 12.7. The molecule has 0 radical (unpaired) electrons. The second-order valence-corrected chi connectivity index (χ2v) is 6.39. The second-order valence-electron chi connectivity index (χ2n) is 6.39. The van der Waals surface area contributed by atoms with E-state index in [0.717, 1.165) is 5.56 Å². The fraction of sp³-hybridized carbons (Fsp3) is 0.190. The Morgan fingerprint density at radius 1 is 1.10 bits per heavy atom. The van der Waals surface area contributed by atoms with Crippen molar-refractivity contribution in [2.24, 2.45) is 0 Å². The van der Waals surface area contributed by atoms with E-state index >= 15 is 0 Å². The molecular formula is C21H19N2O6-. The maximum absolute atomic E-state index is 12.7. The van der Waals surface area contributed by atoms with Crippen LogP contribution in [-0.2, 0) is 20.8 Å². The van der Waals surface area contributed by atoms with Gasteiger partial charge in [-0.25, -0.2) is 0 Å². The fourth-order valence-corrected chi connectivity index (χ4v) is 2.80. The molecule has 1 aliphatic rings. The first-order valence-electron chi connectivity index (χ1n) is 8.87. The van der Waals surface area contributed by atoms with Gasteiger partial charge in [-0.2, -0.15) is 0 Å². The van der Waals surface area contributed by atoms with Gasteiger partial charge < -0.3 is 30.0 Å². The first kappa shape index (κ1) is 19.9. The van der Waals surface area contributed by atoms with Crippen molar-refractivity contribution in [3.05, 3.63) is 65.4 Å². The SMILES string of the molecule is CC(=O)N/C(=C/c1ccc2c(c1)OCO2)C(=O)N[C@@H](Cc1ccccc1)C(=O)[O-]. The first-order chi connectivity index (χ1) is 13.9. The minimum atomic E-state index is -1.42. The maximum Gasteiger partial charge on any atom is 0.268 e. The number of benzene rings is 2. The lowest BCUT2D eigenvalue weighted by Crippen LogP contribution is -2.50. The zero-order valence-electron chi connectivity index (χ0n) is 15.6. The number of fused-ring (bicyclic) bond motifs is 1. The molecule has 2 N–H and O–H groups in total. The molecule has 150 valence electrons. The molecule has 0 unspecified atom stereocenters. The Morgan fingerprint density at radius 2 is 1.83 bits per heavy atom. The van der Waals surface area contributed by atoms with Crippen LogP contribution in [0, 0.1) is 0 Å². The molecule has 1 atom stereocenters. The topological polar surface area (TPSA) is 117 Å². The van der Waals surface area contributed by atoms with Crippen molar-refractivity contribution in [1.29, 1.82) is 0 Å². The Bertz CT molecular complexity index is 955. The first-order valence-corrected chi connectivity index (χ1v) is 8.87. The largest absolute Gasteiger partial charge is 0.548 e. The predicted octanol–water partition coefficient (Wildman–Crippen LogP) is 0.370. The molecule has 0 fully saturated rings. The van der Waals surface area contributed by atoms with Crippen molar-refractivity contribution in [1.82, 2.24) is 10.6 Å². The van der Waals surface area contributed by atoms with Gasteiger partial charge in [0.25, 0.3) is 5.91 Å². The van der Waals surface area contributed by atoms with Crippen LogP contribution >= 0.6 is 0 Å². The number of carbonyl (C=O) groups is 3. The third kappa shape index (κ3) is 5.35. The summed E-state index contributed by atoms with van der Waals surface area (Å²) in [5.41, 5.74) is 1.19. The standard InChI is InChI=1S/C21H20N2O6/c1-13(24)22-16(10-15-7-8-18-19(11-15)29-12-28-18)20(25)23-17(21(26)27)9-14-5-3-2-4-6-14/h2-8,10-11,17H,9,12H2,1H3,(H,22,24)(H,23,25)(H,26,27)/p-1/b16-10+/t17-/m0/s1. The molecule has 1 aliphatic heterocycles. The van der Waals surface area contributed by atoms with Crippen molar-refractivity contribution in [2.45, 2.75) is 19.4 Å². The monoisotopic (exact) mass is 395 g/mol. The van der Waals surface area contributed by atoms with Gasteiger partial charge in [-0.15, -0.1) is 0 Å². The van der Waals surface area contributed by atoms with Gasteiger partial charge in [0.1, 0.15) is 5.70 Å². The number of carboxylic acid groups (broad SMARTS) is 1. The summed E-state index contributed by atoms with van der Waals surface area (Å²) in [4.78, 5) is 35.7. The summed E-state index contributed by atoms with van der Waals surface area (Å²) in [6.45, 7) is 1.36. The van der Waals surface area contributed by atoms with Gasteiger partial charge >= 0.3 is 0 Å². The molecule has 0 spiro atoms. The zero-order valence-corrected chi connectivity index (χ0v) is 15.6. The average Bonchev–Trinajstić information content (AvgIpc) is 3.15. The van der Waals surface area contributed by atoms with Crippen LogP contribution in [0.3, 0.4) is 0 Å². The number of nitrogens with one attached hydrogen (secondary N) is 2. The Labute approximate surface area is 167 Å². The normalized spacial score (nSPS) is 13.5. The van der Waals surface area contributed by atoms with E-state index < -0.39 is 23.8 Å². The summed E-state index contributed by atoms with van der Waals surface area (Å²) in [5.74, 6) is -1.55. The summed E-state index contributed by atoms with van der Waals surface area (Å²) >= 11 is 0. The highest BCUT2D eigenvalue weighted by Crippen LogP contribution is 2.33. The van der Waals surface area contributed by atoms with Crippen molar-refractivity contribution in [2.75, 3.05) is 6.79 Å². The van der Waals surface area contributed by atoms with Gasteiger partial charge in [0, 0.05) is 6.92 Å². The second kappa shape index (κ2) is 8.92. The molecule has 0 aromatic heterocycles. The summed E-state index contributed by atoms with van der Waals surface area (Å²) < 4.78 is 10.5. The number of hydrogen-bond acceptors (Lipinski definition) is 6. The smallest absolute Gasteiger partial charge is 0.268 e. The third-order valence-electron chi connectivity index (χ3n) is 4.14. The van der Waals surface area contributed by atoms with Gasteiger partial charge in [-0.05, 0) is 35.8 Å². The van der Waals surface area contributed by atoms with E-state index in [1.165, 1.54) is 13.0 Å². The van der Waals surface area contributed by atoms with E-state index in [9.17, 15) is 19.5 Å². The van der Waals surface area contributed by atoms with E-state index in [0.29, 0.717) is 17.1 Å². The Morgan fingerprint density at radius 3 is 2.52 bits per heavy atom. The third-order valence-corrected chi connectivity index (χ3v) is 4.14. The van der Waals surface area contributed by atoms with E-state index in [2.05, 4.69) is 10.6 Å². The van der Waals surface area contributed by atoms with Crippen molar-refractivity contribution < 1.29 is 29.0 Å². The lowest BCUT2D eigenvalue weighted by molar-refractivity contribution is -0.308. The van der Waals surface area contributed by atoms with E-state index in [1.54, 1.807) is 48.5 Å². The summed E-state index contributed by atoms with van der Waals surface area (Å²) in [6, 6.07) is 12.6. The van der Waals surface area contributed by atoms with E-state index in [1.807, 2.05) is 0 Å². The number of hydrogen-bond donors (Lipinski definition) is 2. The highest BCUT2D eigenvalue weighted by molar-refractivity contribution is 6.02. The van der Waals surface area contributed by atoms with Crippen LogP contribution in [0.2, 0.25) is 0 Å². The zero-order chi connectivity index (χ0) is 20.8. The Kier molecular flexibility index (Phi) is 6.13. The van der Waals surface area contributed by atoms with Crippen molar-refractivity contribution >= 4 is 23.9 Å². The highest BCUT2D eigenvalue weighted by atomic mass is 16.7. The summed E-state index contributed by atoms with van der Waals surface area (Å²) in [7, 11) is 0. The number of carboxylic acids is 1. The van der Waals surface area contributed by atoms with E-state index in [-0.39, 0.29) is 18.9 Å². The van der Waals surface area contributed by atoms with Gasteiger partial charge in [0.15, 0.2) is 11.5 Å². The molecule has 2 aromatic rings. The number of amides is 2. The molecule has 0 aliphatic carbocycles. The molecule has 29 heavy (non-hydrogen) atoms. The van der Waals surface area contributed by atoms with Gasteiger partial charge in [0.05, 0.1) is 12.0 Å². The van der Waals surface area contributed by atoms with Crippen LogP contribution in [0.5, 0.6) is 11.5 Å². The van der Waals surface area contributed by atoms with Crippen molar-refractivity contribution in [3.8, 4) is 11.5 Å². The molecule has 8 heteroatoms. The molecule has 0 saturated heterocycles. The molecular weight excluding hydrogens is 376 g/mol. The van der Waals surface area contributed by atoms with Crippen LogP contribution in [0.15, 0.2) is 54.2 Å². The molecule has 1 heterocycles. The van der Waals surface area contributed by atoms with Gasteiger partial charge in [0.2, 0.25) is 12.7 Å². The minimum absolute atomic E-state index is 0.0479. The lowest BCUT2D eigenvalue weighted by Gasteiger charge is -2.21. The summed E-state index contributed by atoms with van der Waals surface area (Å²) in [6.07, 6.45) is 1.47. The Balaban J connectivity index is 1.80. The quantitative estimate of drug-likeness (QED) is 0.655. The van der Waals surface area contributed by atoms with Crippen LogP contribution in [0.4, 0.5) is 0 Å². The molecule has 2 aromatic carbocycles. The van der Waals surface area contributed by atoms with E-state index in [4.69, 9.17) is 9.47 Å². The molecule has 0 saturated carbocycles. The van der Waals surface area contributed by atoms with Gasteiger partial charge in [-0.3, -0.25) is 9.59 Å². The number of rotatable bonds is 7. The van der Waals surface area contributed by atoms with Crippen LogP contribution in [0.25, 0.3) is 6.08 Å². The summed E-state index contributed by atoms with van der Waals surface area (Å²) in [5, 5.41) is 16.3. The Hall–Kier alpha value is -3.81. The van der Waals surface area contributed by atoms with Crippen LogP contribution < -0.4 is 25.2 Å². The predicted molar refractivity (Wildman–Crippen MR) is 101 cm³/mol. The number of carbonyl (C=O) groups excluding carboxylic acids is 3. The number of ether oxygens (including phenoxy) is 2. The number of aliphatic carboxylic acids is 1. The molecule has 8 nitrogen and oxygen atoms in total. The van der Waals surface area contributed by atoms with Crippen LogP contribution in [0.1, 0.15) is 18.1 Å². The lowest BCUT2D eigenvalue weighted by atomic mass is 10.1. The average molecular weight is 395 g/mol. The van der Waals surface area contributed by atoms with Crippen LogP contribution in [-0.4, -0.2) is 30.6 Å². The van der Waals surface area contributed by atoms with Gasteiger partial charge in [-0.1, -0.05) is 36.4 Å². The van der Waals surface area contributed by atoms with Crippen molar-refractivity contribution in [3.63, 3.8) is 0 Å². The molecule has 2 amide bonds. The molecule has 3 rings (SSSR count). The minimum Gasteiger partial charge on any atom is -0.548 e. The highest BCUT2D eigenvalue weighted by Gasteiger charge is 2.19. The molecule has 0 bridgehead atoms.